The Hall–Kier alpha value is -2.85. The molecule has 0 bridgehead atoms. The first-order valence-corrected chi connectivity index (χ1v) is 9.03. The summed E-state index contributed by atoms with van der Waals surface area (Å²) in [6.07, 6.45) is -1.39. The Morgan fingerprint density at radius 3 is 2.59 bits per heavy atom. The number of hydrogen-bond acceptors (Lipinski definition) is 7. The van der Waals surface area contributed by atoms with Crippen molar-refractivity contribution in [2.45, 2.75) is 51.7 Å². The van der Waals surface area contributed by atoms with Crippen molar-refractivity contribution in [3.63, 3.8) is 0 Å². The molecule has 8 nitrogen and oxygen atoms in total. The lowest BCUT2D eigenvalue weighted by molar-refractivity contribution is -0.153. The second-order valence-corrected chi connectivity index (χ2v) is 8.05. The fourth-order valence-corrected chi connectivity index (χ4v) is 2.80. The van der Waals surface area contributed by atoms with Gasteiger partial charge in [-0.3, -0.25) is 9.78 Å². The highest BCUT2D eigenvalue weighted by atomic mass is 19.4. The predicted molar refractivity (Wildman–Crippen MR) is 96.1 cm³/mol. The molecule has 0 spiro atoms. The zero-order chi connectivity index (χ0) is 21.4. The minimum Gasteiger partial charge on any atom is -0.484 e. The van der Waals surface area contributed by atoms with E-state index in [0.29, 0.717) is 5.56 Å². The molecule has 0 saturated heterocycles. The number of alkyl halides is 3. The minimum atomic E-state index is -4.48. The van der Waals surface area contributed by atoms with E-state index < -0.39 is 30.1 Å². The van der Waals surface area contributed by atoms with Crippen molar-refractivity contribution in [2.24, 2.45) is 5.41 Å². The number of halogens is 3. The number of pyridine rings is 1. The van der Waals surface area contributed by atoms with Crippen molar-refractivity contribution >= 4 is 11.9 Å². The number of aromatic nitrogens is 3. The average Bonchev–Trinajstić information content (AvgIpc) is 3.37. The molecule has 0 radical (unpaired) electrons. The van der Waals surface area contributed by atoms with Crippen molar-refractivity contribution in [3.05, 3.63) is 29.3 Å². The van der Waals surface area contributed by atoms with Crippen molar-refractivity contribution in [2.75, 3.05) is 12.3 Å². The molecule has 1 saturated carbocycles. The molecule has 1 amide bonds. The fraction of sp³-hybridized carbons (Fsp3) is 0.556. The van der Waals surface area contributed by atoms with Crippen LogP contribution in [0.15, 0.2) is 16.8 Å². The third-order valence-electron chi connectivity index (χ3n) is 4.39. The second kappa shape index (κ2) is 7.53. The number of carbonyl (C=O) groups excluding carboxylic acids is 1. The zero-order valence-electron chi connectivity index (χ0n) is 16.2. The quantitative estimate of drug-likeness (QED) is 0.746. The van der Waals surface area contributed by atoms with Crippen LogP contribution in [-0.2, 0) is 0 Å². The highest BCUT2D eigenvalue weighted by molar-refractivity contribution is 5.93. The molecule has 0 aliphatic heterocycles. The van der Waals surface area contributed by atoms with Gasteiger partial charge in [-0.05, 0) is 24.2 Å². The van der Waals surface area contributed by atoms with Gasteiger partial charge in [0.05, 0.1) is 6.04 Å². The summed E-state index contributed by atoms with van der Waals surface area (Å²) in [7, 11) is 0. The lowest BCUT2D eigenvalue weighted by Gasteiger charge is -2.28. The van der Waals surface area contributed by atoms with Gasteiger partial charge in [0, 0.05) is 17.8 Å². The molecule has 1 fully saturated rings. The number of nitrogens with zero attached hydrogens (tertiary/aromatic N) is 3. The van der Waals surface area contributed by atoms with E-state index in [1.165, 1.54) is 12.3 Å². The zero-order valence-corrected chi connectivity index (χ0v) is 16.2. The van der Waals surface area contributed by atoms with Crippen LogP contribution in [0.5, 0.6) is 5.75 Å². The molecule has 11 heteroatoms. The molecule has 0 unspecified atom stereocenters. The maximum Gasteiger partial charge on any atom is 0.422 e. The molecule has 158 valence electrons. The minimum absolute atomic E-state index is 0.0149. The molecule has 2 aromatic heterocycles. The first-order valence-electron chi connectivity index (χ1n) is 9.03. The normalized spacial score (nSPS) is 15.8. The number of anilines is 1. The van der Waals surface area contributed by atoms with Gasteiger partial charge in [-0.1, -0.05) is 25.9 Å². The topological polar surface area (TPSA) is 116 Å². The van der Waals surface area contributed by atoms with E-state index in [1.54, 1.807) is 0 Å². The summed E-state index contributed by atoms with van der Waals surface area (Å²) in [5.74, 6) is -0.299. The van der Waals surface area contributed by atoms with Crippen LogP contribution in [-0.4, -0.2) is 33.8 Å². The molecular weight excluding hydrogens is 391 g/mol. The first-order chi connectivity index (χ1) is 13.4. The van der Waals surface area contributed by atoms with Crippen LogP contribution in [0.2, 0.25) is 0 Å². The Balaban J connectivity index is 1.83. The van der Waals surface area contributed by atoms with Crippen LogP contribution in [0.1, 0.15) is 67.4 Å². The number of ether oxygens (including phenoxy) is 1. The molecular formula is C18H22F3N5O3. The van der Waals surface area contributed by atoms with Crippen molar-refractivity contribution in [1.82, 2.24) is 20.4 Å². The molecule has 3 rings (SSSR count). The lowest BCUT2D eigenvalue weighted by atomic mass is 9.86. The number of carbonyl (C=O) groups is 1. The maximum atomic E-state index is 12.8. The largest absolute Gasteiger partial charge is 0.484 e. The molecule has 0 aromatic carbocycles. The van der Waals surface area contributed by atoms with E-state index in [4.69, 9.17) is 15.0 Å². The maximum absolute atomic E-state index is 12.8. The summed E-state index contributed by atoms with van der Waals surface area (Å²) < 4.78 is 47.5. The number of nitrogen functional groups attached to an aromatic ring is 1. The third-order valence-corrected chi connectivity index (χ3v) is 4.39. The SMILES string of the molecule is CC(C)(C)[C@H](NC(=O)c1cc(OCC(F)(F)F)c(C2CC2)cn1)c1noc(N)n1. The summed E-state index contributed by atoms with van der Waals surface area (Å²) in [6.45, 7) is 4.12. The molecule has 1 aliphatic rings. The number of rotatable bonds is 6. The molecule has 2 aromatic rings. The number of nitrogens with one attached hydrogen (secondary N) is 1. The summed E-state index contributed by atoms with van der Waals surface area (Å²) in [5, 5.41) is 6.50. The number of hydrogen-bond donors (Lipinski definition) is 2. The van der Waals surface area contributed by atoms with Crippen molar-refractivity contribution < 1.29 is 27.2 Å². The smallest absolute Gasteiger partial charge is 0.422 e. The Morgan fingerprint density at radius 2 is 2.07 bits per heavy atom. The highest BCUT2D eigenvalue weighted by Gasteiger charge is 2.34. The monoisotopic (exact) mass is 413 g/mol. The fourth-order valence-electron chi connectivity index (χ4n) is 2.80. The van der Waals surface area contributed by atoms with Crippen molar-refractivity contribution in [1.29, 1.82) is 0 Å². The van der Waals surface area contributed by atoms with Crippen LogP contribution >= 0.6 is 0 Å². The van der Waals surface area contributed by atoms with Gasteiger partial charge in [-0.25, -0.2) is 0 Å². The van der Waals surface area contributed by atoms with E-state index in [0.717, 1.165) is 12.8 Å². The van der Waals surface area contributed by atoms with Crippen LogP contribution in [0, 0.1) is 5.41 Å². The molecule has 29 heavy (non-hydrogen) atoms. The van der Waals surface area contributed by atoms with Crippen LogP contribution in [0.3, 0.4) is 0 Å². The van der Waals surface area contributed by atoms with Gasteiger partial charge in [0.15, 0.2) is 12.4 Å². The summed E-state index contributed by atoms with van der Waals surface area (Å²) in [4.78, 5) is 20.8. The molecule has 3 N–H and O–H groups in total. The highest BCUT2D eigenvalue weighted by Crippen LogP contribution is 2.44. The van der Waals surface area contributed by atoms with Crippen LogP contribution in [0.4, 0.5) is 19.2 Å². The molecule has 2 heterocycles. The first kappa shape index (κ1) is 20.9. The van der Waals surface area contributed by atoms with Crippen LogP contribution < -0.4 is 15.8 Å². The van der Waals surface area contributed by atoms with E-state index in [1.807, 2.05) is 20.8 Å². The summed E-state index contributed by atoms with van der Waals surface area (Å²) in [5.41, 5.74) is 5.46. The lowest BCUT2D eigenvalue weighted by Crippen LogP contribution is -2.37. The summed E-state index contributed by atoms with van der Waals surface area (Å²) in [6, 6.07) is 0.428. The number of nitrogens with two attached hydrogens (primary N) is 1. The number of amides is 1. The predicted octanol–water partition coefficient (Wildman–Crippen LogP) is 3.38. The van der Waals surface area contributed by atoms with Gasteiger partial charge in [-0.2, -0.15) is 18.2 Å². The van der Waals surface area contributed by atoms with E-state index in [9.17, 15) is 18.0 Å². The van der Waals surface area contributed by atoms with Crippen LogP contribution in [0.25, 0.3) is 0 Å². The van der Waals surface area contributed by atoms with E-state index in [-0.39, 0.29) is 29.2 Å². The van der Waals surface area contributed by atoms with Gasteiger partial charge in [-0.15, -0.1) is 0 Å². The summed E-state index contributed by atoms with van der Waals surface area (Å²) >= 11 is 0. The average molecular weight is 413 g/mol. The third kappa shape index (κ3) is 5.36. The van der Waals surface area contributed by atoms with Gasteiger partial charge >= 0.3 is 12.2 Å². The Kier molecular flexibility index (Phi) is 5.42. The van der Waals surface area contributed by atoms with Gasteiger partial charge in [0.25, 0.3) is 5.91 Å². The van der Waals surface area contributed by atoms with Gasteiger partial charge in [0.1, 0.15) is 11.4 Å². The van der Waals surface area contributed by atoms with E-state index in [2.05, 4.69) is 20.4 Å². The van der Waals surface area contributed by atoms with Crippen molar-refractivity contribution in [3.8, 4) is 5.75 Å². The Morgan fingerprint density at radius 1 is 1.38 bits per heavy atom. The van der Waals surface area contributed by atoms with Gasteiger partial charge in [0.2, 0.25) is 0 Å². The second-order valence-electron chi connectivity index (χ2n) is 8.05. The Bertz CT molecular complexity index is 888. The standard InChI is InChI=1S/C18H22F3N5O3/c1-17(2,3)13(14-25-16(22)29-26-14)24-15(27)11-6-12(28-8-18(19,20)21)10(7-23-11)9-4-5-9/h6-7,9,13H,4-5,8H2,1-3H3,(H,24,27)(H2,22,25,26)/t13-/m1/s1. The molecule has 1 atom stereocenters. The molecule has 1 aliphatic carbocycles. The van der Waals surface area contributed by atoms with Gasteiger partial charge < -0.3 is 20.3 Å². The Labute approximate surface area is 165 Å². The van der Waals surface area contributed by atoms with E-state index >= 15 is 0 Å².